The van der Waals surface area contributed by atoms with E-state index in [0.717, 1.165) is 21.0 Å². The maximum atomic E-state index is 12.4. The van der Waals surface area contributed by atoms with E-state index in [2.05, 4.69) is 15.3 Å². The fourth-order valence-corrected chi connectivity index (χ4v) is 3.20. The van der Waals surface area contributed by atoms with Crippen LogP contribution >= 0.6 is 0 Å². The molecule has 0 spiro atoms. The number of nitrogens with one attached hydrogen (secondary N) is 2. The standard InChI is InChI=1S/C18H18N6O3/c1-22-16-15(17(26)23(2)18(22)27)24(10-21-16)9-14(25)20-8-11-7-19-13-6-4-3-5-12(11)13/h3-7,10,19H,8-9H2,1-2H3,(H,20,25). The number of hydrogen-bond acceptors (Lipinski definition) is 4. The summed E-state index contributed by atoms with van der Waals surface area (Å²) < 4.78 is 3.75. The van der Waals surface area contributed by atoms with E-state index in [1.165, 1.54) is 22.5 Å². The van der Waals surface area contributed by atoms with Gasteiger partial charge in [-0.25, -0.2) is 9.78 Å². The number of aromatic amines is 1. The Morgan fingerprint density at radius 1 is 1.19 bits per heavy atom. The van der Waals surface area contributed by atoms with Gasteiger partial charge >= 0.3 is 5.69 Å². The van der Waals surface area contributed by atoms with Crippen LogP contribution in [0.15, 0.2) is 46.4 Å². The van der Waals surface area contributed by atoms with Crippen LogP contribution in [0.1, 0.15) is 5.56 Å². The van der Waals surface area contributed by atoms with Crippen LogP contribution in [0.2, 0.25) is 0 Å². The lowest BCUT2D eigenvalue weighted by Crippen LogP contribution is -2.38. The number of nitrogens with zero attached hydrogens (tertiary/aromatic N) is 4. The van der Waals surface area contributed by atoms with Gasteiger partial charge in [0.1, 0.15) is 6.54 Å². The molecule has 0 aliphatic heterocycles. The molecule has 0 saturated carbocycles. The molecule has 9 heteroatoms. The van der Waals surface area contributed by atoms with Crippen LogP contribution in [0.4, 0.5) is 0 Å². The fraction of sp³-hybridized carbons (Fsp3) is 0.222. The zero-order valence-electron chi connectivity index (χ0n) is 14.9. The topological polar surface area (TPSA) is 107 Å². The SMILES string of the molecule is Cn1c(=O)c2c(ncn2CC(=O)NCc2c[nH]c3ccccc23)n(C)c1=O. The summed E-state index contributed by atoms with van der Waals surface area (Å²) in [5.41, 5.74) is 1.53. The smallest absolute Gasteiger partial charge is 0.332 e. The number of aryl methyl sites for hydroxylation is 1. The molecule has 0 aliphatic rings. The van der Waals surface area contributed by atoms with Gasteiger partial charge in [-0.15, -0.1) is 0 Å². The first-order chi connectivity index (χ1) is 13.0. The van der Waals surface area contributed by atoms with Crippen molar-refractivity contribution in [2.24, 2.45) is 14.1 Å². The van der Waals surface area contributed by atoms with Crippen LogP contribution in [0.25, 0.3) is 22.1 Å². The highest BCUT2D eigenvalue weighted by Crippen LogP contribution is 2.17. The summed E-state index contributed by atoms with van der Waals surface area (Å²) >= 11 is 0. The van der Waals surface area contributed by atoms with E-state index in [0.29, 0.717) is 6.54 Å². The van der Waals surface area contributed by atoms with Crippen molar-refractivity contribution in [2.75, 3.05) is 0 Å². The highest BCUT2D eigenvalue weighted by molar-refractivity contribution is 5.84. The third kappa shape index (κ3) is 2.73. The van der Waals surface area contributed by atoms with E-state index in [9.17, 15) is 14.4 Å². The summed E-state index contributed by atoms with van der Waals surface area (Å²) in [7, 11) is 2.94. The van der Waals surface area contributed by atoms with Gasteiger partial charge < -0.3 is 14.9 Å². The Morgan fingerprint density at radius 3 is 2.78 bits per heavy atom. The molecule has 1 amide bonds. The van der Waals surface area contributed by atoms with Crippen LogP contribution in [0, 0.1) is 0 Å². The van der Waals surface area contributed by atoms with Crippen LogP contribution in [-0.4, -0.2) is 29.6 Å². The molecule has 4 aromatic rings. The van der Waals surface area contributed by atoms with Crippen molar-refractivity contribution >= 4 is 28.0 Å². The number of imidazole rings is 1. The number of para-hydroxylation sites is 1. The highest BCUT2D eigenvalue weighted by Gasteiger charge is 2.16. The molecule has 3 heterocycles. The molecular weight excluding hydrogens is 348 g/mol. The minimum Gasteiger partial charge on any atom is -0.361 e. The monoisotopic (exact) mass is 366 g/mol. The molecular formula is C18H18N6O3. The zero-order valence-corrected chi connectivity index (χ0v) is 14.9. The lowest BCUT2D eigenvalue weighted by molar-refractivity contribution is -0.121. The van der Waals surface area contributed by atoms with Crippen molar-refractivity contribution in [1.82, 2.24) is 29.0 Å². The number of fused-ring (bicyclic) bond motifs is 2. The molecule has 3 aromatic heterocycles. The maximum Gasteiger partial charge on any atom is 0.332 e. The first-order valence-corrected chi connectivity index (χ1v) is 8.40. The van der Waals surface area contributed by atoms with Crippen molar-refractivity contribution < 1.29 is 4.79 Å². The van der Waals surface area contributed by atoms with E-state index in [1.807, 2.05) is 30.5 Å². The Kier molecular flexibility index (Phi) is 3.91. The van der Waals surface area contributed by atoms with Crippen LogP contribution in [0.3, 0.4) is 0 Å². The Balaban J connectivity index is 1.57. The van der Waals surface area contributed by atoms with Gasteiger partial charge in [-0.1, -0.05) is 18.2 Å². The molecule has 0 unspecified atom stereocenters. The first-order valence-electron chi connectivity index (χ1n) is 8.40. The molecule has 0 aliphatic carbocycles. The minimum atomic E-state index is -0.477. The minimum absolute atomic E-state index is 0.0632. The quantitative estimate of drug-likeness (QED) is 0.539. The molecule has 0 radical (unpaired) electrons. The number of H-pyrrole nitrogens is 1. The summed E-state index contributed by atoms with van der Waals surface area (Å²) in [6, 6.07) is 7.84. The Bertz CT molecular complexity index is 1290. The summed E-state index contributed by atoms with van der Waals surface area (Å²) in [5.74, 6) is -0.254. The molecule has 0 fully saturated rings. The van der Waals surface area contributed by atoms with Gasteiger partial charge in [0.05, 0.1) is 6.33 Å². The molecule has 9 nitrogen and oxygen atoms in total. The summed E-state index contributed by atoms with van der Waals surface area (Å²) in [6.45, 7) is 0.304. The Hall–Kier alpha value is -3.62. The Morgan fingerprint density at radius 2 is 1.96 bits per heavy atom. The van der Waals surface area contributed by atoms with E-state index >= 15 is 0 Å². The van der Waals surface area contributed by atoms with Crippen molar-refractivity contribution in [3.63, 3.8) is 0 Å². The molecule has 0 saturated heterocycles. The molecule has 27 heavy (non-hydrogen) atoms. The number of hydrogen-bond donors (Lipinski definition) is 2. The van der Waals surface area contributed by atoms with E-state index < -0.39 is 11.2 Å². The molecule has 0 bridgehead atoms. The lowest BCUT2D eigenvalue weighted by atomic mass is 10.2. The third-order valence-corrected chi connectivity index (χ3v) is 4.68. The number of aromatic nitrogens is 5. The molecule has 2 N–H and O–H groups in total. The maximum absolute atomic E-state index is 12.4. The second-order valence-electron chi connectivity index (χ2n) is 6.39. The van der Waals surface area contributed by atoms with Crippen molar-refractivity contribution in [1.29, 1.82) is 0 Å². The number of carbonyl (C=O) groups excluding carboxylic acids is 1. The number of benzene rings is 1. The molecule has 1 aromatic carbocycles. The van der Waals surface area contributed by atoms with Crippen LogP contribution in [0.5, 0.6) is 0 Å². The summed E-state index contributed by atoms with van der Waals surface area (Å²) in [4.78, 5) is 44.0. The average molecular weight is 366 g/mol. The van der Waals surface area contributed by atoms with Crippen molar-refractivity contribution in [2.45, 2.75) is 13.1 Å². The summed E-state index contributed by atoms with van der Waals surface area (Å²) in [6.07, 6.45) is 3.26. The van der Waals surface area contributed by atoms with E-state index in [-0.39, 0.29) is 23.6 Å². The van der Waals surface area contributed by atoms with Gasteiger partial charge in [0.25, 0.3) is 5.56 Å². The predicted molar refractivity (Wildman–Crippen MR) is 100 cm³/mol. The van der Waals surface area contributed by atoms with Gasteiger partial charge in [0.2, 0.25) is 5.91 Å². The van der Waals surface area contributed by atoms with Gasteiger partial charge in [0, 0.05) is 37.7 Å². The molecule has 0 atom stereocenters. The largest absolute Gasteiger partial charge is 0.361 e. The number of rotatable bonds is 4. The van der Waals surface area contributed by atoms with Gasteiger partial charge in [-0.05, 0) is 11.6 Å². The zero-order chi connectivity index (χ0) is 19.1. The van der Waals surface area contributed by atoms with Gasteiger partial charge in [-0.3, -0.25) is 18.7 Å². The van der Waals surface area contributed by atoms with Gasteiger partial charge in [0.15, 0.2) is 11.2 Å². The second kappa shape index (κ2) is 6.27. The van der Waals surface area contributed by atoms with Crippen molar-refractivity contribution in [3.05, 3.63) is 63.2 Å². The third-order valence-electron chi connectivity index (χ3n) is 4.68. The first kappa shape index (κ1) is 16.8. The van der Waals surface area contributed by atoms with Crippen LogP contribution < -0.4 is 16.6 Å². The predicted octanol–water partition coefficient (Wildman–Crippen LogP) is 0.231. The number of carbonyl (C=O) groups is 1. The van der Waals surface area contributed by atoms with E-state index in [1.54, 1.807) is 7.05 Å². The normalized spacial score (nSPS) is 11.3. The van der Waals surface area contributed by atoms with Gasteiger partial charge in [-0.2, -0.15) is 0 Å². The summed E-state index contributed by atoms with van der Waals surface area (Å²) in [5, 5.41) is 3.91. The highest BCUT2D eigenvalue weighted by atomic mass is 16.2. The van der Waals surface area contributed by atoms with Crippen LogP contribution in [-0.2, 0) is 32.0 Å². The lowest BCUT2D eigenvalue weighted by Gasteiger charge is -2.07. The average Bonchev–Trinajstić information content (AvgIpc) is 3.27. The van der Waals surface area contributed by atoms with Crippen molar-refractivity contribution in [3.8, 4) is 0 Å². The number of amides is 1. The fourth-order valence-electron chi connectivity index (χ4n) is 3.20. The second-order valence-corrected chi connectivity index (χ2v) is 6.39. The molecule has 4 rings (SSSR count). The van der Waals surface area contributed by atoms with E-state index in [4.69, 9.17) is 0 Å². The Labute approximate surface area is 152 Å². The molecule has 138 valence electrons.